The number of aromatic hydroxyl groups is 1. The van der Waals surface area contributed by atoms with Crippen LogP contribution in [0.25, 0.3) is 0 Å². The number of phenolic OH excluding ortho intramolecular Hbond substituents is 1. The Morgan fingerprint density at radius 3 is 2.60 bits per heavy atom. The molecular weight excluding hydrogens is 312 g/mol. The molecule has 0 radical (unpaired) electrons. The third-order valence-electron chi connectivity index (χ3n) is 5.17. The first-order valence-electron chi connectivity index (χ1n) is 9.18. The lowest BCUT2D eigenvalue weighted by atomic mass is 10.1. The molecule has 0 amide bonds. The first-order valence-corrected chi connectivity index (χ1v) is 9.18. The van der Waals surface area contributed by atoms with Crippen LogP contribution in [-0.2, 0) is 6.54 Å². The molecule has 2 aromatic rings. The van der Waals surface area contributed by atoms with Crippen LogP contribution in [0.2, 0.25) is 0 Å². The highest BCUT2D eigenvalue weighted by Gasteiger charge is 2.22. The minimum Gasteiger partial charge on any atom is -0.504 e. The molecule has 1 aliphatic heterocycles. The average Bonchev–Trinajstić information content (AvgIpc) is 2.61. The van der Waals surface area contributed by atoms with Crippen molar-refractivity contribution >= 4 is 5.69 Å². The van der Waals surface area contributed by atoms with Crippen molar-refractivity contribution in [2.75, 3.05) is 37.7 Å². The number of hydrogen-bond donors (Lipinski definition) is 2. The van der Waals surface area contributed by atoms with Crippen molar-refractivity contribution < 1.29 is 14.7 Å². The van der Waals surface area contributed by atoms with Crippen molar-refractivity contribution in [2.45, 2.75) is 27.3 Å². The van der Waals surface area contributed by atoms with Crippen LogP contribution < -0.4 is 14.5 Å². The van der Waals surface area contributed by atoms with Gasteiger partial charge in [0, 0.05) is 11.3 Å². The normalized spacial score (nSPS) is 15.4. The SMILES string of the molecule is CCOc1cc(C[NH+]2CCN(c3cccc(C)c3C)CC2)ccc1O. The Hall–Kier alpha value is -2.20. The Morgan fingerprint density at radius 2 is 1.88 bits per heavy atom. The molecule has 3 rings (SSSR count). The number of nitrogens with zero attached hydrogens (tertiary/aromatic N) is 1. The van der Waals surface area contributed by atoms with E-state index in [2.05, 4.69) is 36.9 Å². The second-order valence-electron chi connectivity index (χ2n) is 6.87. The molecule has 0 aliphatic carbocycles. The lowest BCUT2D eigenvalue weighted by molar-refractivity contribution is -0.914. The predicted octanol–water partition coefficient (Wildman–Crippen LogP) is 2.31. The summed E-state index contributed by atoms with van der Waals surface area (Å²) < 4.78 is 5.50. The van der Waals surface area contributed by atoms with Gasteiger partial charge in [0.2, 0.25) is 0 Å². The van der Waals surface area contributed by atoms with Crippen molar-refractivity contribution in [3.05, 3.63) is 53.1 Å². The van der Waals surface area contributed by atoms with E-state index in [0.29, 0.717) is 12.4 Å². The van der Waals surface area contributed by atoms with Gasteiger partial charge in [-0.1, -0.05) is 12.1 Å². The minimum absolute atomic E-state index is 0.223. The molecule has 0 bridgehead atoms. The molecule has 0 atom stereocenters. The summed E-state index contributed by atoms with van der Waals surface area (Å²) in [6, 6.07) is 12.3. The number of rotatable bonds is 5. The maximum Gasteiger partial charge on any atom is 0.161 e. The summed E-state index contributed by atoms with van der Waals surface area (Å²) in [4.78, 5) is 4.09. The predicted molar refractivity (Wildman–Crippen MR) is 102 cm³/mol. The zero-order valence-electron chi connectivity index (χ0n) is 15.5. The first-order chi connectivity index (χ1) is 12.1. The third-order valence-corrected chi connectivity index (χ3v) is 5.17. The van der Waals surface area contributed by atoms with E-state index in [9.17, 15) is 5.11 Å². The van der Waals surface area contributed by atoms with Gasteiger partial charge < -0.3 is 19.6 Å². The largest absolute Gasteiger partial charge is 0.504 e. The van der Waals surface area contributed by atoms with Crippen LogP contribution in [0, 0.1) is 13.8 Å². The van der Waals surface area contributed by atoms with Gasteiger partial charge >= 0.3 is 0 Å². The summed E-state index contributed by atoms with van der Waals surface area (Å²) in [6.45, 7) is 12.3. The lowest BCUT2D eigenvalue weighted by Gasteiger charge is -2.34. The van der Waals surface area contributed by atoms with Gasteiger partial charge in [0.25, 0.3) is 0 Å². The number of quaternary nitrogens is 1. The molecule has 1 saturated heterocycles. The third kappa shape index (κ3) is 4.07. The smallest absolute Gasteiger partial charge is 0.161 e. The Balaban J connectivity index is 1.61. The highest BCUT2D eigenvalue weighted by Crippen LogP contribution is 2.26. The quantitative estimate of drug-likeness (QED) is 0.876. The second kappa shape index (κ2) is 7.79. The van der Waals surface area contributed by atoms with Crippen molar-refractivity contribution in [1.82, 2.24) is 0 Å². The van der Waals surface area contributed by atoms with Crippen LogP contribution in [-0.4, -0.2) is 37.9 Å². The molecule has 1 aliphatic rings. The molecule has 1 fully saturated rings. The van der Waals surface area contributed by atoms with Crippen LogP contribution in [0.4, 0.5) is 5.69 Å². The van der Waals surface area contributed by atoms with Gasteiger partial charge in [-0.2, -0.15) is 0 Å². The molecule has 0 spiro atoms. The van der Waals surface area contributed by atoms with E-state index in [1.807, 2.05) is 19.1 Å². The molecule has 0 aromatic heterocycles. The van der Waals surface area contributed by atoms with Crippen molar-refractivity contribution in [3.8, 4) is 11.5 Å². The highest BCUT2D eigenvalue weighted by atomic mass is 16.5. The number of anilines is 1. The standard InChI is InChI=1S/C21H28N2O2/c1-4-25-21-14-18(8-9-20(21)24)15-22-10-12-23(13-11-22)19-7-5-6-16(2)17(19)3/h5-9,14,24H,4,10-13,15H2,1-3H3/p+1. The number of nitrogens with one attached hydrogen (secondary N) is 1. The molecule has 134 valence electrons. The molecule has 0 unspecified atom stereocenters. The van der Waals surface area contributed by atoms with Gasteiger partial charge in [-0.3, -0.25) is 0 Å². The Morgan fingerprint density at radius 1 is 1.12 bits per heavy atom. The number of aryl methyl sites for hydroxylation is 1. The summed E-state index contributed by atoms with van der Waals surface area (Å²) in [5.74, 6) is 0.814. The van der Waals surface area contributed by atoms with Gasteiger partial charge in [0.15, 0.2) is 11.5 Å². The fourth-order valence-corrected chi connectivity index (χ4v) is 3.55. The fourth-order valence-electron chi connectivity index (χ4n) is 3.55. The van der Waals surface area contributed by atoms with Gasteiger partial charge in [-0.05, 0) is 56.2 Å². The van der Waals surface area contributed by atoms with Gasteiger partial charge in [0.1, 0.15) is 6.54 Å². The Labute approximate surface area is 150 Å². The molecule has 4 heteroatoms. The van der Waals surface area contributed by atoms with Crippen LogP contribution >= 0.6 is 0 Å². The van der Waals surface area contributed by atoms with Crippen molar-refractivity contribution in [1.29, 1.82) is 0 Å². The zero-order chi connectivity index (χ0) is 17.8. The summed E-state index contributed by atoms with van der Waals surface area (Å²) in [5.41, 5.74) is 5.35. The highest BCUT2D eigenvalue weighted by molar-refractivity contribution is 5.56. The Bertz CT molecular complexity index is 722. The number of phenols is 1. The maximum atomic E-state index is 9.84. The van der Waals surface area contributed by atoms with Crippen LogP contribution in [0.1, 0.15) is 23.6 Å². The average molecular weight is 341 g/mol. The van der Waals surface area contributed by atoms with Crippen molar-refractivity contribution in [2.24, 2.45) is 0 Å². The molecule has 1 heterocycles. The van der Waals surface area contributed by atoms with Gasteiger partial charge in [-0.15, -0.1) is 0 Å². The zero-order valence-corrected chi connectivity index (χ0v) is 15.5. The number of hydrogen-bond acceptors (Lipinski definition) is 3. The van der Waals surface area contributed by atoms with E-state index in [1.165, 1.54) is 22.4 Å². The van der Waals surface area contributed by atoms with E-state index in [4.69, 9.17) is 4.74 Å². The number of piperazine rings is 1. The minimum atomic E-state index is 0.223. The molecular formula is C21H29N2O2+. The van der Waals surface area contributed by atoms with E-state index in [0.717, 1.165) is 32.7 Å². The molecule has 2 aromatic carbocycles. The van der Waals surface area contributed by atoms with E-state index >= 15 is 0 Å². The molecule has 4 nitrogen and oxygen atoms in total. The van der Waals surface area contributed by atoms with E-state index in [1.54, 1.807) is 11.0 Å². The molecule has 2 N–H and O–H groups in total. The topological polar surface area (TPSA) is 37.1 Å². The summed E-state index contributed by atoms with van der Waals surface area (Å²) >= 11 is 0. The lowest BCUT2D eigenvalue weighted by Crippen LogP contribution is -3.13. The first kappa shape index (κ1) is 17.6. The van der Waals surface area contributed by atoms with Gasteiger partial charge in [-0.25, -0.2) is 0 Å². The van der Waals surface area contributed by atoms with E-state index in [-0.39, 0.29) is 5.75 Å². The van der Waals surface area contributed by atoms with Crippen LogP contribution in [0.15, 0.2) is 36.4 Å². The summed E-state index contributed by atoms with van der Waals surface area (Å²) in [7, 11) is 0. The second-order valence-corrected chi connectivity index (χ2v) is 6.87. The van der Waals surface area contributed by atoms with E-state index < -0.39 is 0 Å². The molecule has 25 heavy (non-hydrogen) atoms. The summed E-state index contributed by atoms with van der Waals surface area (Å²) in [6.07, 6.45) is 0. The van der Waals surface area contributed by atoms with Crippen molar-refractivity contribution in [3.63, 3.8) is 0 Å². The Kier molecular flexibility index (Phi) is 5.49. The van der Waals surface area contributed by atoms with Gasteiger partial charge in [0.05, 0.1) is 32.8 Å². The maximum absolute atomic E-state index is 9.84. The van der Waals surface area contributed by atoms with Crippen LogP contribution in [0.5, 0.6) is 11.5 Å². The molecule has 0 saturated carbocycles. The fraction of sp³-hybridized carbons (Fsp3) is 0.429. The number of ether oxygens (including phenoxy) is 1. The summed E-state index contributed by atoms with van der Waals surface area (Å²) in [5, 5.41) is 9.84. The van der Waals surface area contributed by atoms with Crippen LogP contribution in [0.3, 0.4) is 0 Å². The monoisotopic (exact) mass is 341 g/mol. The number of benzene rings is 2.